The number of rotatable bonds is 1. The molecule has 1 aromatic carbocycles. The summed E-state index contributed by atoms with van der Waals surface area (Å²) in [6.07, 6.45) is 0.887. The molecule has 0 fully saturated rings. The lowest BCUT2D eigenvalue weighted by atomic mass is 10.2. The van der Waals surface area contributed by atoms with Crippen LogP contribution in [-0.2, 0) is 6.42 Å². The average molecular weight is 202 g/mol. The smallest absolute Gasteiger partial charge is 0.0716 e. The highest BCUT2D eigenvalue weighted by molar-refractivity contribution is 6.44. The van der Waals surface area contributed by atoms with E-state index < -0.39 is 0 Å². The van der Waals surface area contributed by atoms with Gasteiger partial charge in [0, 0.05) is 0 Å². The first kappa shape index (κ1) is 9.11. The van der Waals surface area contributed by atoms with Crippen LogP contribution in [0.15, 0.2) is 12.1 Å². The lowest BCUT2D eigenvalue weighted by Gasteiger charge is -2.06. The summed E-state index contributed by atoms with van der Waals surface area (Å²) >= 11 is 11.7. The van der Waals surface area contributed by atoms with Gasteiger partial charge in [-0.15, -0.1) is 0 Å². The zero-order valence-corrected chi connectivity index (χ0v) is 8.63. The molecule has 0 aromatic heterocycles. The van der Waals surface area contributed by atoms with Crippen LogP contribution in [0.25, 0.3) is 0 Å². The minimum atomic E-state index is 0.616. The minimum Gasteiger partial charge on any atom is -0.0827 e. The Hall–Kier alpha value is 0.0169. The molecule has 57 valence electrons. The number of benzene rings is 1. The Balaban J connectivity index is 3.29. The Labute approximate surface area is 79.9 Å². The zero-order chi connectivity index (χ0) is 8.43. The molecular weight excluding hydrogens is 195 g/mol. The molecule has 0 nitrogen and oxygen atoms in total. The second kappa shape index (κ2) is 3.61. The van der Waals surface area contributed by atoms with Crippen molar-refractivity contribution in [3.8, 4) is 0 Å². The second-order valence-electron chi connectivity index (χ2n) is 2.24. The highest BCUT2D eigenvalue weighted by Crippen LogP contribution is 2.24. The predicted molar refractivity (Wildman–Crippen MR) is 51.2 cm³/mol. The third-order valence-electron chi connectivity index (χ3n) is 1.55. The summed E-state index contributed by atoms with van der Waals surface area (Å²) in [4.78, 5) is 0. The van der Waals surface area contributed by atoms with Crippen LogP contribution in [-0.4, -0.2) is 10.2 Å². The van der Waals surface area contributed by atoms with Gasteiger partial charge in [0.25, 0.3) is 0 Å². The summed E-state index contributed by atoms with van der Waals surface area (Å²) in [6.45, 7) is 2.04. The lowest BCUT2D eigenvalue weighted by Crippen LogP contribution is -2.09. The first-order chi connectivity index (χ1) is 5.16. The first-order valence-electron chi connectivity index (χ1n) is 3.35. The van der Waals surface area contributed by atoms with Gasteiger partial charge in [-0.3, -0.25) is 0 Å². The molecule has 0 heterocycles. The van der Waals surface area contributed by atoms with Gasteiger partial charge in [-0.2, -0.15) is 0 Å². The van der Waals surface area contributed by atoms with Crippen LogP contribution in [0.1, 0.15) is 12.5 Å². The van der Waals surface area contributed by atoms with Crippen molar-refractivity contribution in [3.63, 3.8) is 0 Å². The van der Waals surface area contributed by atoms with E-state index in [0.717, 1.165) is 17.2 Å². The summed E-state index contributed by atoms with van der Waals surface area (Å²) in [7, 11) is 3.45. The van der Waals surface area contributed by atoms with Gasteiger partial charge in [-0.05, 0) is 18.1 Å². The molecular formula is C8H7Cl2Si. The monoisotopic (exact) mass is 201 g/mol. The van der Waals surface area contributed by atoms with Crippen LogP contribution in [0.2, 0.25) is 10.0 Å². The fourth-order valence-electron chi connectivity index (χ4n) is 0.938. The molecule has 0 aliphatic heterocycles. The molecule has 0 saturated heterocycles. The Kier molecular flexibility index (Phi) is 2.99. The molecule has 0 spiro atoms. The summed E-state index contributed by atoms with van der Waals surface area (Å²) in [6, 6.07) is 3.69. The molecule has 0 atom stereocenters. The summed E-state index contributed by atoms with van der Waals surface area (Å²) in [5.74, 6) is 0. The molecule has 0 N–H and O–H groups in total. The molecule has 1 rings (SSSR count). The SMILES string of the molecule is CCc1c([Si])ccc(Cl)c1Cl. The van der Waals surface area contributed by atoms with E-state index in [4.69, 9.17) is 23.2 Å². The third-order valence-corrected chi connectivity index (χ3v) is 2.86. The summed E-state index contributed by atoms with van der Waals surface area (Å²) in [5.41, 5.74) is 1.07. The van der Waals surface area contributed by atoms with Gasteiger partial charge in [-0.25, -0.2) is 0 Å². The van der Waals surface area contributed by atoms with Crippen molar-refractivity contribution in [1.82, 2.24) is 0 Å². The van der Waals surface area contributed by atoms with Crippen molar-refractivity contribution in [2.45, 2.75) is 13.3 Å². The standard InChI is InChI=1S/C8H7Cl2Si/c1-2-5-7(11)4-3-6(9)8(5)10/h3-4H,2H2,1H3. The van der Waals surface area contributed by atoms with E-state index in [1.54, 1.807) is 6.07 Å². The quantitative estimate of drug-likeness (QED) is 0.613. The van der Waals surface area contributed by atoms with E-state index in [0.29, 0.717) is 10.0 Å². The average Bonchev–Trinajstić information content (AvgIpc) is 1.99. The van der Waals surface area contributed by atoms with Crippen LogP contribution < -0.4 is 5.19 Å². The Morgan fingerprint density at radius 1 is 1.36 bits per heavy atom. The van der Waals surface area contributed by atoms with Crippen molar-refractivity contribution in [2.24, 2.45) is 0 Å². The van der Waals surface area contributed by atoms with E-state index in [1.165, 1.54) is 0 Å². The molecule has 0 amide bonds. The van der Waals surface area contributed by atoms with Crippen molar-refractivity contribution in [2.75, 3.05) is 0 Å². The number of hydrogen-bond donors (Lipinski definition) is 0. The van der Waals surface area contributed by atoms with Gasteiger partial charge in [0.2, 0.25) is 0 Å². The van der Waals surface area contributed by atoms with Crippen molar-refractivity contribution in [1.29, 1.82) is 0 Å². The van der Waals surface area contributed by atoms with Gasteiger partial charge in [0.05, 0.1) is 20.3 Å². The largest absolute Gasteiger partial charge is 0.0827 e. The van der Waals surface area contributed by atoms with Crippen LogP contribution in [0, 0.1) is 0 Å². The van der Waals surface area contributed by atoms with Gasteiger partial charge >= 0.3 is 0 Å². The molecule has 3 heteroatoms. The van der Waals surface area contributed by atoms with Gasteiger partial charge < -0.3 is 0 Å². The van der Waals surface area contributed by atoms with E-state index >= 15 is 0 Å². The summed E-state index contributed by atoms with van der Waals surface area (Å²) in [5, 5.41) is 2.29. The molecule has 0 unspecified atom stereocenters. The van der Waals surface area contributed by atoms with Crippen molar-refractivity contribution >= 4 is 38.6 Å². The molecule has 0 aliphatic carbocycles. The normalized spacial score (nSPS) is 10.2. The molecule has 0 bridgehead atoms. The lowest BCUT2D eigenvalue weighted by molar-refractivity contribution is 1.15. The molecule has 11 heavy (non-hydrogen) atoms. The Morgan fingerprint density at radius 3 is 2.45 bits per heavy atom. The fraction of sp³-hybridized carbons (Fsp3) is 0.250. The maximum absolute atomic E-state index is 5.94. The number of halogens is 2. The van der Waals surface area contributed by atoms with Gasteiger partial charge in [0.1, 0.15) is 0 Å². The molecule has 1 aromatic rings. The minimum absolute atomic E-state index is 0.616. The fourth-order valence-corrected chi connectivity index (χ4v) is 1.88. The van der Waals surface area contributed by atoms with Crippen LogP contribution in [0.5, 0.6) is 0 Å². The second-order valence-corrected chi connectivity index (χ2v) is 3.56. The van der Waals surface area contributed by atoms with Crippen molar-refractivity contribution in [3.05, 3.63) is 27.7 Å². The van der Waals surface area contributed by atoms with Crippen LogP contribution in [0.3, 0.4) is 0 Å². The topological polar surface area (TPSA) is 0 Å². The Bertz CT molecular complexity index is 271. The van der Waals surface area contributed by atoms with Crippen LogP contribution >= 0.6 is 23.2 Å². The van der Waals surface area contributed by atoms with E-state index in [2.05, 4.69) is 10.2 Å². The predicted octanol–water partition coefficient (Wildman–Crippen LogP) is 2.35. The highest BCUT2D eigenvalue weighted by Gasteiger charge is 2.04. The van der Waals surface area contributed by atoms with Crippen molar-refractivity contribution < 1.29 is 0 Å². The zero-order valence-electron chi connectivity index (χ0n) is 6.12. The van der Waals surface area contributed by atoms with Gasteiger partial charge in [0.15, 0.2) is 0 Å². The first-order valence-corrected chi connectivity index (χ1v) is 4.61. The van der Waals surface area contributed by atoms with E-state index in [1.807, 2.05) is 13.0 Å². The van der Waals surface area contributed by atoms with Crippen LogP contribution in [0.4, 0.5) is 0 Å². The Morgan fingerprint density at radius 2 is 2.00 bits per heavy atom. The highest BCUT2D eigenvalue weighted by atomic mass is 35.5. The number of hydrogen-bond acceptors (Lipinski definition) is 0. The summed E-state index contributed by atoms with van der Waals surface area (Å²) < 4.78 is 0. The molecule has 0 aliphatic rings. The maximum atomic E-state index is 5.94. The molecule has 3 radical (unpaired) electrons. The van der Waals surface area contributed by atoms with Gasteiger partial charge in [-0.1, -0.05) is 41.4 Å². The molecule has 0 saturated carbocycles. The maximum Gasteiger partial charge on any atom is 0.0716 e. The van der Waals surface area contributed by atoms with E-state index in [9.17, 15) is 0 Å². The third kappa shape index (κ3) is 1.78. The van der Waals surface area contributed by atoms with E-state index in [-0.39, 0.29) is 0 Å².